The van der Waals surface area contributed by atoms with Gasteiger partial charge in [0.1, 0.15) is 0 Å². The summed E-state index contributed by atoms with van der Waals surface area (Å²) in [6.07, 6.45) is -1.43. The highest BCUT2D eigenvalue weighted by Gasteiger charge is 2.40. The van der Waals surface area contributed by atoms with Gasteiger partial charge in [-0.1, -0.05) is 23.7 Å². The van der Waals surface area contributed by atoms with Crippen LogP contribution in [0.2, 0.25) is 5.02 Å². The van der Waals surface area contributed by atoms with Gasteiger partial charge in [-0.25, -0.2) is 0 Å². The number of benzene rings is 2. The highest BCUT2D eigenvalue weighted by molar-refractivity contribution is 8.18. The van der Waals surface area contributed by atoms with Crippen molar-refractivity contribution in [2.45, 2.75) is 31.5 Å². The molecule has 0 radical (unpaired) electrons. The number of thioether (sulfide) groups is 1. The van der Waals surface area contributed by atoms with Crippen LogP contribution in [0.1, 0.15) is 29.5 Å². The molecule has 1 aromatic heterocycles. The number of imide groups is 1. The van der Waals surface area contributed by atoms with Crippen molar-refractivity contribution in [1.29, 1.82) is 0 Å². The lowest BCUT2D eigenvalue weighted by Gasteiger charge is -2.19. The number of halogens is 4. The first kappa shape index (κ1) is 23.9. The smallest absolute Gasteiger partial charge is 0.312 e. The number of allylic oxidation sites excluding steroid dienone is 1. The summed E-state index contributed by atoms with van der Waals surface area (Å²) < 4.78 is 41.5. The molecular weight excluding hydrogens is 501 g/mol. The number of hydrogen-bond acceptors (Lipinski definition) is 5. The molecule has 0 spiro atoms. The Morgan fingerprint density at radius 3 is 2.77 bits per heavy atom. The van der Waals surface area contributed by atoms with Crippen LogP contribution in [0.3, 0.4) is 0 Å². The standard InChI is InChI=1S/C24H20ClF3N4O2S/c25-16-5-3-14(19(10-16)24(26,27)28)9-18(13-4-6-20-15(8-13)11-30-31-20)21-22(33)32(23(34)35-21)12-17-2-1-7-29-17/h3-6,8,10-11,17,29H,1-2,7,9,12H2,(H,30,31)/b21-18-/t17-/m0/s1. The van der Waals surface area contributed by atoms with Gasteiger partial charge in [-0.05, 0) is 78.5 Å². The van der Waals surface area contributed by atoms with E-state index in [0.29, 0.717) is 11.1 Å². The van der Waals surface area contributed by atoms with Crippen molar-refractivity contribution < 1.29 is 22.8 Å². The number of alkyl halides is 3. The van der Waals surface area contributed by atoms with Crippen molar-refractivity contribution in [2.75, 3.05) is 13.1 Å². The second kappa shape index (κ2) is 9.33. The summed E-state index contributed by atoms with van der Waals surface area (Å²) in [5.74, 6) is -0.487. The van der Waals surface area contributed by atoms with E-state index < -0.39 is 22.9 Å². The van der Waals surface area contributed by atoms with Gasteiger partial charge < -0.3 is 5.32 Å². The second-order valence-corrected chi connectivity index (χ2v) is 9.93. The second-order valence-electron chi connectivity index (χ2n) is 8.53. The average molecular weight is 521 g/mol. The van der Waals surface area contributed by atoms with Crippen molar-refractivity contribution in [3.63, 3.8) is 0 Å². The van der Waals surface area contributed by atoms with E-state index in [4.69, 9.17) is 11.6 Å². The zero-order valence-electron chi connectivity index (χ0n) is 18.3. The van der Waals surface area contributed by atoms with E-state index >= 15 is 0 Å². The first-order valence-electron chi connectivity index (χ1n) is 11.0. The number of rotatable bonds is 5. The Bertz CT molecular complexity index is 1350. The third-order valence-corrected chi connectivity index (χ3v) is 7.48. The Labute approximate surface area is 207 Å². The molecule has 1 atom stereocenters. The largest absolute Gasteiger partial charge is 0.416 e. The van der Waals surface area contributed by atoms with Crippen LogP contribution in [0.4, 0.5) is 18.0 Å². The van der Waals surface area contributed by atoms with Gasteiger partial charge >= 0.3 is 6.18 Å². The third kappa shape index (κ3) is 4.82. The summed E-state index contributed by atoms with van der Waals surface area (Å²) in [5.41, 5.74) is 0.739. The predicted molar refractivity (Wildman–Crippen MR) is 129 cm³/mol. The molecule has 3 aromatic rings. The maximum Gasteiger partial charge on any atom is 0.416 e. The Morgan fingerprint density at radius 1 is 1.20 bits per heavy atom. The van der Waals surface area contributed by atoms with E-state index in [0.717, 1.165) is 48.1 Å². The van der Waals surface area contributed by atoms with E-state index in [9.17, 15) is 22.8 Å². The van der Waals surface area contributed by atoms with Gasteiger partial charge in [-0.3, -0.25) is 19.6 Å². The summed E-state index contributed by atoms with van der Waals surface area (Å²) in [6.45, 7) is 1.06. The van der Waals surface area contributed by atoms with Crippen LogP contribution in [-0.2, 0) is 17.4 Å². The highest BCUT2D eigenvalue weighted by atomic mass is 35.5. The van der Waals surface area contributed by atoms with E-state index in [1.54, 1.807) is 24.4 Å². The number of aromatic nitrogens is 2. The normalized spacial score (nSPS) is 20.3. The number of carbonyl (C=O) groups is 2. The van der Waals surface area contributed by atoms with Gasteiger partial charge in [-0.2, -0.15) is 18.3 Å². The lowest BCUT2D eigenvalue weighted by molar-refractivity contribution is -0.138. The number of aromatic amines is 1. The Kier molecular flexibility index (Phi) is 6.37. The summed E-state index contributed by atoms with van der Waals surface area (Å²) in [6, 6.07) is 8.81. The van der Waals surface area contributed by atoms with Gasteiger partial charge in [0.25, 0.3) is 11.1 Å². The number of carbonyl (C=O) groups excluding carboxylic acids is 2. The van der Waals surface area contributed by atoms with E-state index in [2.05, 4.69) is 15.5 Å². The summed E-state index contributed by atoms with van der Waals surface area (Å²) >= 11 is 6.63. The van der Waals surface area contributed by atoms with Gasteiger partial charge in [-0.15, -0.1) is 0 Å². The summed E-state index contributed by atoms with van der Waals surface area (Å²) in [7, 11) is 0. The van der Waals surface area contributed by atoms with Gasteiger partial charge in [0, 0.05) is 23.0 Å². The molecule has 2 aromatic carbocycles. The van der Waals surface area contributed by atoms with Gasteiger partial charge in [0.05, 0.1) is 22.2 Å². The number of H-pyrrole nitrogens is 1. The van der Waals surface area contributed by atoms with Crippen molar-refractivity contribution in [3.05, 3.63) is 69.2 Å². The van der Waals surface area contributed by atoms with Crippen LogP contribution < -0.4 is 5.32 Å². The van der Waals surface area contributed by atoms with Crippen LogP contribution in [0.15, 0.2) is 47.5 Å². The van der Waals surface area contributed by atoms with Crippen LogP contribution in [-0.4, -0.2) is 45.4 Å². The molecule has 2 amide bonds. The van der Waals surface area contributed by atoms with Crippen molar-refractivity contribution in [3.8, 4) is 0 Å². The molecule has 2 saturated heterocycles. The lowest BCUT2D eigenvalue weighted by atomic mass is 9.93. The number of amides is 2. The zero-order valence-corrected chi connectivity index (χ0v) is 19.9. The van der Waals surface area contributed by atoms with Crippen molar-refractivity contribution in [1.82, 2.24) is 20.4 Å². The third-order valence-electron chi connectivity index (χ3n) is 6.22. The van der Waals surface area contributed by atoms with Crippen LogP contribution in [0.25, 0.3) is 16.5 Å². The first-order valence-corrected chi connectivity index (χ1v) is 12.2. The van der Waals surface area contributed by atoms with Crippen molar-refractivity contribution >= 4 is 51.0 Å². The number of hydrogen-bond donors (Lipinski definition) is 2. The van der Waals surface area contributed by atoms with Crippen LogP contribution >= 0.6 is 23.4 Å². The Morgan fingerprint density at radius 2 is 2.03 bits per heavy atom. The Balaban J connectivity index is 1.60. The minimum atomic E-state index is -4.63. The number of fused-ring (bicyclic) bond motifs is 1. The van der Waals surface area contributed by atoms with E-state index in [1.165, 1.54) is 17.0 Å². The molecular formula is C24H20ClF3N4O2S. The van der Waals surface area contributed by atoms with Gasteiger partial charge in [0.15, 0.2) is 0 Å². The summed E-state index contributed by atoms with van der Waals surface area (Å²) in [4.78, 5) is 27.5. The molecule has 3 heterocycles. The fourth-order valence-electron chi connectivity index (χ4n) is 4.47. The molecule has 0 unspecified atom stereocenters. The van der Waals surface area contributed by atoms with E-state index in [1.807, 2.05) is 0 Å². The van der Waals surface area contributed by atoms with Gasteiger partial charge in [0.2, 0.25) is 0 Å². The molecule has 2 fully saturated rings. The highest BCUT2D eigenvalue weighted by Crippen LogP contribution is 2.41. The fourth-order valence-corrected chi connectivity index (χ4v) is 5.60. The van der Waals surface area contributed by atoms with Crippen LogP contribution in [0, 0.1) is 0 Å². The maximum atomic E-state index is 13.8. The molecule has 0 bridgehead atoms. The summed E-state index contributed by atoms with van der Waals surface area (Å²) in [5, 5.41) is 10.4. The maximum absolute atomic E-state index is 13.8. The molecule has 2 aliphatic rings. The lowest BCUT2D eigenvalue weighted by Crippen LogP contribution is -2.39. The molecule has 11 heteroatoms. The quantitative estimate of drug-likeness (QED) is 0.426. The zero-order chi connectivity index (χ0) is 24.7. The molecule has 2 aliphatic heterocycles. The predicted octanol–water partition coefficient (Wildman–Crippen LogP) is 5.64. The average Bonchev–Trinajstić information content (AvgIpc) is 3.55. The molecule has 6 nitrogen and oxygen atoms in total. The topological polar surface area (TPSA) is 78.1 Å². The fraction of sp³-hybridized carbons (Fsp3) is 0.292. The molecule has 2 N–H and O–H groups in total. The molecule has 35 heavy (non-hydrogen) atoms. The molecule has 0 saturated carbocycles. The number of nitrogens with zero attached hydrogens (tertiary/aromatic N) is 2. The van der Waals surface area contributed by atoms with E-state index in [-0.39, 0.29) is 34.5 Å². The number of nitrogens with one attached hydrogen (secondary N) is 2. The molecule has 0 aliphatic carbocycles. The molecule has 182 valence electrons. The van der Waals surface area contributed by atoms with Crippen LogP contribution in [0.5, 0.6) is 0 Å². The SMILES string of the molecule is O=C1S/C(=C(/Cc2ccc(Cl)cc2C(F)(F)F)c2ccc3[nH]ncc3c2)C(=O)N1C[C@@H]1CCCN1. The minimum absolute atomic E-state index is 0.0154. The van der Waals surface area contributed by atoms with Crippen molar-refractivity contribution in [2.24, 2.45) is 0 Å². The minimum Gasteiger partial charge on any atom is -0.312 e. The molecule has 5 rings (SSSR count). The monoisotopic (exact) mass is 520 g/mol. The Hall–Kier alpha value is -2.82. The first-order chi connectivity index (χ1) is 16.7.